The molecule has 0 aliphatic heterocycles. The number of hydrogen-bond donors (Lipinski definition) is 4. The number of anilines is 2. The van der Waals surface area contributed by atoms with E-state index in [2.05, 4.69) is 15.6 Å². The fraction of sp³-hybridized carbons (Fsp3) is 0.500. The van der Waals surface area contributed by atoms with Crippen molar-refractivity contribution in [1.82, 2.24) is 10.3 Å². The molecule has 0 bridgehead atoms. The van der Waals surface area contributed by atoms with Crippen LogP contribution in [0, 0.1) is 0 Å². The number of nitrogens with zero attached hydrogens (tertiary/aromatic N) is 1. The summed E-state index contributed by atoms with van der Waals surface area (Å²) in [4.78, 5) is 27.0. The largest absolute Gasteiger partial charge is 0.382 e. The summed E-state index contributed by atoms with van der Waals surface area (Å²) in [6.07, 6.45) is 0.944. The second-order valence-electron chi connectivity index (χ2n) is 3.76. The van der Waals surface area contributed by atoms with Crippen molar-refractivity contribution >= 4 is 34.1 Å². The molecule has 0 fully saturated rings. The Morgan fingerprint density at radius 3 is 2.72 bits per heavy atom. The van der Waals surface area contributed by atoms with Gasteiger partial charge in [0.2, 0.25) is 5.91 Å². The lowest BCUT2D eigenvalue weighted by Crippen LogP contribution is -2.42. The van der Waals surface area contributed by atoms with E-state index in [1.807, 2.05) is 6.92 Å². The summed E-state index contributed by atoms with van der Waals surface area (Å²) >= 11 is 1.15. The number of aromatic nitrogens is 1. The third kappa shape index (κ3) is 3.59. The van der Waals surface area contributed by atoms with Gasteiger partial charge in [0, 0.05) is 6.54 Å². The van der Waals surface area contributed by atoms with Gasteiger partial charge in [-0.3, -0.25) is 9.59 Å². The maximum Gasteiger partial charge on any atom is 0.265 e. The molecular formula is C10H17N5O2S. The van der Waals surface area contributed by atoms with E-state index in [0.717, 1.165) is 24.3 Å². The molecule has 0 spiro atoms. The number of amides is 2. The number of rotatable bonds is 6. The van der Waals surface area contributed by atoms with Gasteiger partial charge in [-0.25, -0.2) is 4.98 Å². The molecule has 1 unspecified atom stereocenters. The average Bonchev–Trinajstić information content (AvgIpc) is 2.67. The molecule has 0 aliphatic rings. The van der Waals surface area contributed by atoms with E-state index in [1.165, 1.54) is 6.92 Å². The second-order valence-corrected chi connectivity index (χ2v) is 4.76. The molecule has 1 rings (SSSR count). The van der Waals surface area contributed by atoms with E-state index in [9.17, 15) is 9.59 Å². The molecule has 2 amide bonds. The summed E-state index contributed by atoms with van der Waals surface area (Å²) in [5.41, 5.74) is 10.7. The average molecular weight is 271 g/mol. The Balaban J connectivity index is 2.73. The van der Waals surface area contributed by atoms with Crippen LogP contribution >= 0.6 is 11.3 Å². The SMILES string of the molecule is CCCNc1nc(N)c(C(=O)NC(C)C(N)=O)s1. The van der Waals surface area contributed by atoms with E-state index in [-0.39, 0.29) is 10.7 Å². The normalized spacial score (nSPS) is 11.9. The van der Waals surface area contributed by atoms with E-state index < -0.39 is 17.9 Å². The molecule has 6 N–H and O–H groups in total. The van der Waals surface area contributed by atoms with Crippen LogP contribution in [0.3, 0.4) is 0 Å². The summed E-state index contributed by atoms with van der Waals surface area (Å²) in [5, 5.41) is 6.09. The zero-order valence-electron chi connectivity index (χ0n) is 10.3. The molecule has 1 heterocycles. The van der Waals surface area contributed by atoms with Crippen LogP contribution in [0.2, 0.25) is 0 Å². The van der Waals surface area contributed by atoms with Crippen LogP contribution in [0.1, 0.15) is 29.9 Å². The highest BCUT2D eigenvalue weighted by molar-refractivity contribution is 7.18. The molecule has 1 atom stereocenters. The van der Waals surface area contributed by atoms with Crippen molar-refractivity contribution in [3.05, 3.63) is 4.88 Å². The van der Waals surface area contributed by atoms with Crippen molar-refractivity contribution < 1.29 is 9.59 Å². The maximum absolute atomic E-state index is 11.8. The topological polar surface area (TPSA) is 123 Å². The standard InChI is InChI=1S/C10H17N5O2S/c1-3-4-13-10-15-7(11)6(18-10)9(17)14-5(2)8(12)16/h5H,3-4,11H2,1-2H3,(H2,12,16)(H,13,15)(H,14,17). The Bertz CT molecular complexity index is 445. The fourth-order valence-electron chi connectivity index (χ4n) is 1.14. The van der Waals surface area contributed by atoms with Crippen LogP contribution < -0.4 is 22.1 Å². The van der Waals surface area contributed by atoms with Gasteiger partial charge in [-0.15, -0.1) is 0 Å². The molecule has 0 saturated heterocycles. The van der Waals surface area contributed by atoms with E-state index in [4.69, 9.17) is 11.5 Å². The van der Waals surface area contributed by atoms with Crippen LogP contribution in [0.5, 0.6) is 0 Å². The number of nitrogen functional groups attached to an aromatic ring is 1. The van der Waals surface area contributed by atoms with Crippen molar-refractivity contribution in [1.29, 1.82) is 0 Å². The van der Waals surface area contributed by atoms with Gasteiger partial charge in [0.1, 0.15) is 16.7 Å². The lowest BCUT2D eigenvalue weighted by molar-refractivity contribution is -0.119. The van der Waals surface area contributed by atoms with Gasteiger partial charge in [0.15, 0.2) is 5.13 Å². The first kappa shape index (κ1) is 14.2. The molecule has 0 saturated carbocycles. The van der Waals surface area contributed by atoms with Gasteiger partial charge in [-0.2, -0.15) is 0 Å². The number of nitrogens with one attached hydrogen (secondary N) is 2. The highest BCUT2D eigenvalue weighted by Crippen LogP contribution is 2.24. The summed E-state index contributed by atoms with van der Waals surface area (Å²) in [6, 6.07) is -0.744. The van der Waals surface area contributed by atoms with Crippen molar-refractivity contribution in [3.8, 4) is 0 Å². The van der Waals surface area contributed by atoms with E-state index >= 15 is 0 Å². The van der Waals surface area contributed by atoms with Crippen LogP contribution in [-0.2, 0) is 4.79 Å². The maximum atomic E-state index is 11.8. The number of carbonyl (C=O) groups is 2. The Morgan fingerprint density at radius 2 is 2.17 bits per heavy atom. The zero-order valence-corrected chi connectivity index (χ0v) is 11.1. The third-order valence-electron chi connectivity index (χ3n) is 2.16. The highest BCUT2D eigenvalue weighted by Gasteiger charge is 2.19. The molecule has 100 valence electrons. The number of hydrogen-bond acceptors (Lipinski definition) is 6. The van der Waals surface area contributed by atoms with Gasteiger partial charge in [0.25, 0.3) is 5.91 Å². The van der Waals surface area contributed by atoms with E-state index in [1.54, 1.807) is 0 Å². The Morgan fingerprint density at radius 1 is 1.50 bits per heavy atom. The Hall–Kier alpha value is -1.83. The minimum Gasteiger partial charge on any atom is -0.382 e. The molecule has 7 nitrogen and oxygen atoms in total. The zero-order chi connectivity index (χ0) is 13.7. The van der Waals surface area contributed by atoms with Gasteiger partial charge in [-0.05, 0) is 13.3 Å². The van der Waals surface area contributed by atoms with Crippen molar-refractivity contribution in [2.75, 3.05) is 17.6 Å². The predicted octanol–water partition coefficient (Wildman–Crippen LogP) is 0.151. The summed E-state index contributed by atoms with van der Waals surface area (Å²) in [5.74, 6) is -0.899. The Labute approximate surface area is 109 Å². The minimum absolute atomic E-state index is 0.146. The Kier molecular flexibility index (Phi) is 4.90. The summed E-state index contributed by atoms with van der Waals surface area (Å²) in [7, 11) is 0. The molecular weight excluding hydrogens is 254 g/mol. The molecule has 0 radical (unpaired) electrons. The number of primary amides is 1. The quantitative estimate of drug-likeness (QED) is 0.586. The van der Waals surface area contributed by atoms with Crippen molar-refractivity contribution in [2.24, 2.45) is 5.73 Å². The van der Waals surface area contributed by atoms with Crippen molar-refractivity contribution in [3.63, 3.8) is 0 Å². The van der Waals surface area contributed by atoms with Crippen LogP contribution in [0.25, 0.3) is 0 Å². The molecule has 0 aromatic carbocycles. The molecule has 1 aromatic heterocycles. The monoisotopic (exact) mass is 271 g/mol. The van der Waals surface area contributed by atoms with Gasteiger partial charge < -0.3 is 22.1 Å². The molecule has 18 heavy (non-hydrogen) atoms. The number of nitrogens with two attached hydrogens (primary N) is 2. The van der Waals surface area contributed by atoms with Crippen LogP contribution in [0.4, 0.5) is 10.9 Å². The lowest BCUT2D eigenvalue weighted by atomic mass is 10.3. The predicted molar refractivity (Wildman–Crippen MR) is 71.4 cm³/mol. The van der Waals surface area contributed by atoms with Crippen LogP contribution in [0.15, 0.2) is 0 Å². The molecule has 1 aromatic rings. The molecule has 8 heteroatoms. The summed E-state index contributed by atoms with van der Waals surface area (Å²) < 4.78 is 0. The lowest BCUT2D eigenvalue weighted by Gasteiger charge is -2.08. The van der Waals surface area contributed by atoms with Gasteiger partial charge in [-0.1, -0.05) is 18.3 Å². The van der Waals surface area contributed by atoms with Crippen molar-refractivity contribution in [2.45, 2.75) is 26.3 Å². The first-order valence-electron chi connectivity index (χ1n) is 5.56. The first-order valence-corrected chi connectivity index (χ1v) is 6.37. The van der Waals surface area contributed by atoms with Gasteiger partial charge >= 0.3 is 0 Å². The fourth-order valence-corrected chi connectivity index (χ4v) is 1.95. The smallest absolute Gasteiger partial charge is 0.265 e. The van der Waals surface area contributed by atoms with Crippen LogP contribution in [-0.4, -0.2) is 29.4 Å². The summed E-state index contributed by atoms with van der Waals surface area (Å²) in [6.45, 7) is 4.28. The number of carbonyl (C=O) groups excluding carboxylic acids is 2. The third-order valence-corrected chi connectivity index (χ3v) is 3.19. The minimum atomic E-state index is -0.744. The highest BCUT2D eigenvalue weighted by atomic mass is 32.1. The number of thiazole rings is 1. The first-order chi connectivity index (χ1) is 8.45. The van der Waals surface area contributed by atoms with E-state index in [0.29, 0.717) is 5.13 Å². The van der Waals surface area contributed by atoms with Gasteiger partial charge in [0.05, 0.1) is 0 Å². The second kappa shape index (κ2) is 6.20. The molecule has 0 aliphatic carbocycles.